The van der Waals surface area contributed by atoms with Gasteiger partial charge in [0, 0.05) is 19.2 Å². The minimum absolute atomic E-state index is 0.0110. The van der Waals surface area contributed by atoms with Gasteiger partial charge in [-0.25, -0.2) is 4.39 Å². The van der Waals surface area contributed by atoms with Crippen LogP contribution in [0.1, 0.15) is 5.56 Å². The van der Waals surface area contributed by atoms with Crippen LogP contribution in [0.4, 0.5) is 4.39 Å². The molecule has 8 heteroatoms. The van der Waals surface area contributed by atoms with Crippen LogP contribution >= 0.6 is 11.3 Å². The zero-order chi connectivity index (χ0) is 16.2. The zero-order valence-corrected chi connectivity index (χ0v) is 13.2. The van der Waals surface area contributed by atoms with Gasteiger partial charge in [0.05, 0.1) is 0 Å². The molecule has 0 spiro atoms. The van der Waals surface area contributed by atoms with Gasteiger partial charge in [-0.15, -0.1) is 10.2 Å². The minimum Gasteiger partial charge on any atom is -0.340 e. The van der Waals surface area contributed by atoms with Crippen LogP contribution in [0.3, 0.4) is 0 Å². The molecule has 2 aromatic heterocycles. The molecular weight excluding hydrogens is 317 g/mol. The van der Waals surface area contributed by atoms with Gasteiger partial charge in [-0.1, -0.05) is 12.1 Å². The lowest BCUT2D eigenvalue weighted by atomic mass is 10.2. The molecule has 0 fully saturated rings. The largest absolute Gasteiger partial charge is 0.340 e. The Labute approximate surface area is 136 Å². The first-order valence-corrected chi connectivity index (χ1v) is 7.85. The van der Waals surface area contributed by atoms with E-state index in [0.29, 0.717) is 12.1 Å². The maximum absolute atomic E-state index is 13.2. The molecule has 0 saturated carbocycles. The first kappa shape index (κ1) is 15.3. The van der Waals surface area contributed by atoms with Crippen molar-refractivity contribution in [2.75, 3.05) is 7.05 Å². The second kappa shape index (κ2) is 6.66. The van der Waals surface area contributed by atoms with Crippen LogP contribution in [0, 0.1) is 5.82 Å². The number of carbonyl (C=O) groups is 1. The van der Waals surface area contributed by atoms with Crippen LogP contribution in [0.5, 0.6) is 0 Å². The van der Waals surface area contributed by atoms with E-state index >= 15 is 0 Å². The second-order valence-electron chi connectivity index (χ2n) is 5.04. The first-order valence-electron chi connectivity index (χ1n) is 6.90. The molecule has 0 bridgehead atoms. The number of aromatic nitrogens is 4. The Morgan fingerprint density at radius 1 is 1.39 bits per heavy atom. The predicted octanol–water partition coefficient (Wildman–Crippen LogP) is 2.20. The number of tetrazole rings is 1. The highest BCUT2D eigenvalue weighted by Crippen LogP contribution is 2.14. The summed E-state index contributed by atoms with van der Waals surface area (Å²) in [6.45, 7) is 0.525. The van der Waals surface area contributed by atoms with Crippen LogP contribution in [0.15, 0.2) is 41.1 Å². The van der Waals surface area contributed by atoms with Crippen molar-refractivity contribution in [1.82, 2.24) is 25.1 Å². The molecule has 0 saturated heterocycles. The van der Waals surface area contributed by atoms with E-state index in [1.807, 2.05) is 16.8 Å². The summed E-state index contributed by atoms with van der Waals surface area (Å²) in [6.07, 6.45) is 0. The summed E-state index contributed by atoms with van der Waals surface area (Å²) in [5, 5.41) is 15.8. The van der Waals surface area contributed by atoms with Gasteiger partial charge in [-0.2, -0.15) is 16.1 Å². The van der Waals surface area contributed by atoms with Crippen LogP contribution in [-0.2, 0) is 17.9 Å². The van der Waals surface area contributed by atoms with E-state index in [-0.39, 0.29) is 24.1 Å². The molecule has 0 aliphatic heterocycles. The molecule has 0 aliphatic rings. The van der Waals surface area contributed by atoms with E-state index < -0.39 is 0 Å². The third kappa shape index (κ3) is 3.78. The van der Waals surface area contributed by atoms with Gasteiger partial charge in [0.2, 0.25) is 11.7 Å². The average molecular weight is 331 g/mol. The Bertz CT molecular complexity index is 802. The van der Waals surface area contributed by atoms with Crippen molar-refractivity contribution >= 4 is 17.2 Å². The molecule has 2 heterocycles. The number of carbonyl (C=O) groups excluding carboxylic acids is 1. The number of rotatable bonds is 5. The van der Waals surface area contributed by atoms with Gasteiger partial charge < -0.3 is 4.90 Å². The number of benzene rings is 1. The maximum atomic E-state index is 13.2. The summed E-state index contributed by atoms with van der Waals surface area (Å²) < 4.78 is 13.2. The van der Waals surface area contributed by atoms with Gasteiger partial charge in [-0.3, -0.25) is 4.79 Å². The quantitative estimate of drug-likeness (QED) is 0.719. The Kier molecular flexibility index (Phi) is 4.42. The summed E-state index contributed by atoms with van der Waals surface area (Å²) in [5.41, 5.74) is 1.60. The summed E-state index contributed by atoms with van der Waals surface area (Å²) in [4.78, 5) is 15.0. The van der Waals surface area contributed by atoms with Crippen molar-refractivity contribution in [3.05, 3.63) is 52.5 Å². The number of hydrogen-bond acceptors (Lipinski definition) is 5. The van der Waals surface area contributed by atoms with Crippen molar-refractivity contribution in [3.8, 4) is 11.4 Å². The highest BCUT2D eigenvalue weighted by Gasteiger charge is 2.13. The molecule has 0 radical (unpaired) electrons. The van der Waals surface area contributed by atoms with E-state index in [0.717, 1.165) is 5.56 Å². The van der Waals surface area contributed by atoms with Crippen molar-refractivity contribution < 1.29 is 9.18 Å². The first-order chi connectivity index (χ1) is 11.1. The molecule has 0 unspecified atom stereocenters. The second-order valence-corrected chi connectivity index (χ2v) is 5.82. The predicted molar refractivity (Wildman–Crippen MR) is 84.0 cm³/mol. The van der Waals surface area contributed by atoms with Crippen LogP contribution in [0.25, 0.3) is 11.4 Å². The molecule has 6 nitrogen and oxygen atoms in total. The van der Waals surface area contributed by atoms with Gasteiger partial charge in [0.25, 0.3) is 0 Å². The summed E-state index contributed by atoms with van der Waals surface area (Å²) in [6, 6.07) is 7.91. The topological polar surface area (TPSA) is 63.9 Å². The fourth-order valence-electron chi connectivity index (χ4n) is 2.04. The third-order valence-electron chi connectivity index (χ3n) is 3.24. The molecule has 0 N–H and O–H groups in total. The number of halogens is 1. The van der Waals surface area contributed by atoms with Crippen molar-refractivity contribution in [2.24, 2.45) is 0 Å². The monoisotopic (exact) mass is 331 g/mol. The van der Waals surface area contributed by atoms with E-state index in [1.54, 1.807) is 35.4 Å². The molecular formula is C15H14FN5OS. The van der Waals surface area contributed by atoms with Gasteiger partial charge >= 0.3 is 0 Å². The van der Waals surface area contributed by atoms with E-state index in [1.165, 1.54) is 16.9 Å². The van der Waals surface area contributed by atoms with Crippen LogP contribution < -0.4 is 0 Å². The minimum atomic E-state index is -0.370. The maximum Gasteiger partial charge on any atom is 0.246 e. The third-order valence-corrected chi connectivity index (χ3v) is 3.97. The highest BCUT2D eigenvalue weighted by atomic mass is 32.1. The Morgan fingerprint density at radius 3 is 3.00 bits per heavy atom. The number of amides is 1. The number of thiophene rings is 1. The van der Waals surface area contributed by atoms with Crippen LogP contribution in [0.2, 0.25) is 0 Å². The molecule has 0 atom stereocenters. The molecule has 3 aromatic rings. The van der Waals surface area contributed by atoms with Gasteiger partial charge in [0.15, 0.2) is 0 Å². The van der Waals surface area contributed by atoms with E-state index in [9.17, 15) is 9.18 Å². The summed E-state index contributed by atoms with van der Waals surface area (Å²) in [5.74, 6) is -0.206. The van der Waals surface area contributed by atoms with Crippen molar-refractivity contribution in [2.45, 2.75) is 13.1 Å². The molecule has 0 aliphatic carbocycles. The van der Waals surface area contributed by atoms with Gasteiger partial charge in [0.1, 0.15) is 12.4 Å². The molecule has 118 valence electrons. The number of nitrogens with zero attached hydrogens (tertiary/aromatic N) is 5. The van der Waals surface area contributed by atoms with Crippen molar-refractivity contribution in [1.29, 1.82) is 0 Å². The molecule has 3 rings (SSSR count). The SMILES string of the molecule is CN(Cc1ccsc1)C(=O)Cn1nnc(-c2cccc(F)c2)n1. The molecule has 23 heavy (non-hydrogen) atoms. The Hall–Kier alpha value is -2.61. The summed E-state index contributed by atoms with van der Waals surface area (Å²) >= 11 is 1.59. The highest BCUT2D eigenvalue weighted by molar-refractivity contribution is 7.07. The van der Waals surface area contributed by atoms with Crippen molar-refractivity contribution in [3.63, 3.8) is 0 Å². The number of likely N-dealkylation sites (N-methyl/N-ethyl adjacent to an activating group) is 1. The van der Waals surface area contributed by atoms with E-state index in [4.69, 9.17) is 0 Å². The summed E-state index contributed by atoms with van der Waals surface area (Å²) in [7, 11) is 1.73. The Morgan fingerprint density at radius 2 is 2.26 bits per heavy atom. The van der Waals surface area contributed by atoms with Gasteiger partial charge in [-0.05, 0) is 39.7 Å². The average Bonchev–Trinajstić information content (AvgIpc) is 3.19. The lowest BCUT2D eigenvalue weighted by Gasteiger charge is -2.15. The fourth-order valence-corrected chi connectivity index (χ4v) is 2.70. The lowest BCUT2D eigenvalue weighted by molar-refractivity contribution is -0.131. The molecule has 1 aromatic carbocycles. The zero-order valence-electron chi connectivity index (χ0n) is 12.4. The Balaban J connectivity index is 1.65. The fraction of sp³-hybridized carbons (Fsp3) is 0.200. The normalized spacial score (nSPS) is 10.7. The van der Waals surface area contributed by atoms with E-state index in [2.05, 4.69) is 15.4 Å². The number of hydrogen-bond donors (Lipinski definition) is 0. The smallest absolute Gasteiger partial charge is 0.246 e. The lowest BCUT2D eigenvalue weighted by Crippen LogP contribution is -2.30. The van der Waals surface area contributed by atoms with Crippen LogP contribution in [-0.4, -0.2) is 38.1 Å². The molecule has 1 amide bonds. The standard InChI is InChI=1S/C15H14FN5OS/c1-20(8-11-5-6-23-10-11)14(22)9-21-18-15(17-19-21)12-3-2-4-13(16)7-12/h2-7,10H,8-9H2,1H3.